The Balaban J connectivity index is 2.93. The van der Waals surface area contributed by atoms with Crippen LogP contribution in [-0.4, -0.2) is 24.4 Å². The number of hydrogen-bond acceptors (Lipinski definition) is 3. The first kappa shape index (κ1) is 5.47. The Bertz CT molecular complexity index is 183. The third-order valence-corrected chi connectivity index (χ3v) is 1.81. The summed E-state index contributed by atoms with van der Waals surface area (Å²) in [4.78, 5) is 14.4. The standard InChI is InChI=1S/C3H2N2O2Se/c6-5(7)3-1-8-2-4-3/h1-2H. The molecule has 1 aromatic rings. The average Bonchev–Trinajstić information content (AvgIpc) is 2.12. The van der Waals surface area contributed by atoms with Crippen LogP contribution in [-0.2, 0) is 0 Å². The summed E-state index contributed by atoms with van der Waals surface area (Å²) in [5.74, 6) is -0.00926. The Hall–Kier alpha value is -0.671. The Morgan fingerprint density at radius 1 is 1.88 bits per heavy atom. The van der Waals surface area contributed by atoms with E-state index >= 15 is 0 Å². The summed E-state index contributed by atoms with van der Waals surface area (Å²) in [5, 5.41) is 11.4. The monoisotopic (exact) mass is 178 g/mol. The minimum atomic E-state index is -0.481. The second kappa shape index (κ2) is 2.07. The molecule has 0 radical (unpaired) electrons. The maximum absolute atomic E-state index is 9.84. The molecule has 4 nitrogen and oxygen atoms in total. The molecule has 5 heteroatoms. The molecular formula is C3H2N2O2Se. The first-order valence-electron chi connectivity index (χ1n) is 1.83. The maximum atomic E-state index is 9.84. The van der Waals surface area contributed by atoms with Crippen molar-refractivity contribution in [1.29, 1.82) is 0 Å². The molecule has 1 aromatic heterocycles. The summed E-state index contributed by atoms with van der Waals surface area (Å²) in [5.41, 5.74) is 0. The number of nitrogens with zero attached hydrogens (tertiary/aromatic N) is 2. The van der Waals surface area contributed by atoms with Crippen LogP contribution < -0.4 is 0 Å². The predicted octanol–water partition coefficient (Wildman–Crippen LogP) is 0.0468. The summed E-state index contributed by atoms with van der Waals surface area (Å²) >= 11 is 0.127. The Labute approximate surface area is 51.1 Å². The topological polar surface area (TPSA) is 56.0 Å². The van der Waals surface area contributed by atoms with Gasteiger partial charge in [0.2, 0.25) is 0 Å². The fourth-order valence-electron chi connectivity index (χ4n) is 0.296. The third-order valence-electron chi connectivity index (χ3n) is 0.606. The zero-order valence-corrected chi connectivity index (χ0v) is 5.49. The van der Waals surface area contributed by atoms with Gasteiger partial charge in [0, 0.05) is 0 Å². The number of hydrogen-bond donors (Lipinski definition) is 0. The molecule has 0 saturated heterocycles. The molecule has 8 heavy (non-hydrogen) atoms. The molecule has 0 unspecified atom stereocenters. The van der Waals surface area contributed by atoms with Gasteiger partial charge in [0.15, 0.2) is 0 Å². The quantitative estimate of drug-likeness (QED) is 0.346. The summed E-state index contributed by atoms with van der Waals surface area (Å²) < 4.78 is 0. The van der Waals surface area contributed by atoms with Gasteiger partial charge in [-0.25, -0.2) is 0 Å². The van der Waals surface area contributed by atoms with Gasteiger partial charge in [0.1, 0.15) is 0 Å². The van der Waals surface area contributed by atoms with Crippen molar-refractivity contribution < 1.29 is 4.92 Å². The zero-order valence-electron chi connectivity index (χ0n) is 3.77. The Morgan fingerprint density at radius 2 is 2.62 bits per heavy atom. The molecule has 0 bridgehead atoms. The summed E-state index contributed by atoms with van der Waals surface area (Å²) in [6.07, 6.45) is 0. The van der Waals surface area contributed by atoms with E-state index < -0.39 is 4.92 Å². The number of aromatic nitrogens is 1. The molecular weight excluding hydrogens is 175 g/mol. The third kappa shape index (κ3) is 0.936. The summed E-state index contributed by atoms with van der Waals surface area (Å²) in [7, 11) is 0. The van der Waals surface area contributed by atoms with Crippen LogP contribution in [0.3, 0.4) is 0 Å². The molecule has 1 heterocycles. The van der Waals surface area contributed by atoms with Crippen molar-refractivity contribution in [2.24, 2.45) is 0 Å². The molecule has 42 valence electrons. The fraction of sp³-hybridized carbons (Fsp3) is 0. The molecule has 0 aliphatic heterocycles. The van der Waals surface area contributed by atoms with Gasteiger partial charge in [-0.2, -0.15) is 0 Å². The van der Waals surface area contributed by atoms with Crippen LogP contribution in [0, 0.1) is 10.1 Å². The SMILES string of the molecule is O=[N+]([O-])c1c[se]cn1. The first-order chi connectivity index (χ1) is 3.80. The van der Waals surface area contributed by atoms with Crippen molar-refractivity contribution in [1.82, 2.24) is 4.98 Å². The van der Waals surface area contributed by atoms with Gasteiger partial charge in [-0.05, 0) is 0 Å². The van der Waals surface area contributed by atoms with Gasteiger partial charge in [-0.1, -0.05) is 0 Å². The van der Waals surface area contributed by atoms with E-state index in [-0.39, 0.29) is 20.3 Å². The molecule has 0 N–H and O–H groups in total. The van der Waals surface area contributed by atoms with Crippen LogP contribution in [0.25, 0.3) is 0 Å². The van der Waals surface area contributed by atoms with E-state index in [0.717, 1.165) is 0 Å². The van der Waals surface area contributed by atoms with Crippen LogP contribution in [0.15, 0.2) is 10.0 Å². The van der Waals surface area contributed by atoms with Crippen LogP contribution in [0.1, 0.15) is 0 Å². The van der Waals surface area contributed by atoms with E-state index in [9.17, 15) is 10.1 Å². The Kier molecular flexibility index (Phi) is 1.41. The van der Waals surface area contributed by atoms with Gasteiger partial charge >= 0.3 is 50.4 Å². The van der Waals surface area contributed by atoms with E-state index in [1.807, 2.05) is 0 Å². The molecule has 1 rings (SSSR count). The molecule has 0 aliphatic rings. The van der Waals surface area contributed by atoms with Crippen LogP contribution in [0.4, 0.5) is 5.82 Å². The van der Waals surface area contributed by atoms with E-state index in [1.54, 1.807) is 5.07 Å². The summed E-state index contributed by atoms with van der Waals surface area (Å²) in [6.45, 7) is 0. The van der Waals surface area contributed by atoms with Gasteiger partial charge in [-0.3, -0.25) is 0 Å². The molecule has 0 atom stereocenters. The first-order valence-corrected chi connectivity index (χ1v) is 3.81. The van der Waals surface area contributed by atoms with Gasteiger partial charge in [-0.15, -0.1) is 0 Å². The molecule has 0 aromatic carbocycles. The van der Waals surface area contributed by atoms with Crippen molar-refractivity contribution in [2.45, 2.75) is 0 Å². The van der Waals surface area contributed by atoms with E-state index in [1.165, 1.54) is 4.94 Å². The van der Waals surface area contributed by atoms with Crippen LogP contribution >= 0.6 is 0 Å². The predicted molar refractivity (Wildman–Crippen MR) is 27.8 cm³/mol. The number of nitro groups is 1. The molecule has 0 fully saturated rings. The molecule has 0 saturated carbocycles. The number of rotatable bonds is 1. The van der Waals surface area contributed by atoms with Crippen molar-refractivity contribution >= 4 is 20.3 Å². The summed E-state index contributed by atoms with van der Waals surface area (Å²) in [6, 6.07) is 0. The second-order valence-electron chi connectivity index (χ2n) is 1.10. The van der Waals surface area contributed by atoms with Gasteiger partial charge in [0.05, 0.1) is 0 Å². The van der Waals surface area contributed by atoms with Gasteiger partial charge < -0.3 is 0 Å². The van der Waals surface area contributed by atoms with Crippen molar-refractivity contribution in [3.63, 3.8) is 0 Å². The van der Waals surface area contributed by atoms with E-state index in [4.69, 9.17) is 0 Å². The van der Waals surface area contributed by atoms with Crippen molar-refractivity contribution in [3.8, 4) is 0 Å². The molecule has 0 spiro atoms. The van der Waals surface area contributed by atoms with Crippen molar-refractivity contribution in [2.75, 3.05) is 0 Å². The normalized spacial score (nSPS) is 9.00. The van der Waals surface area contributed by atoms with Crippen LogP contribution in [0.5, 0.6) is 0 Å². The van der Waals surface area contributed by atoms with Crippen molar-refractivity contribution in [3.05, 3.63) is 20.1 Å². The average molecular weight is 177 g/mol. The van der Waals surface area contributed by atoms with Crippen LogP contribution in [0.2, 0.25) is 0 Å². The zero-order chi connectivity index (χ0) is 5.98. The van der Waals surface area contributed by atoms with E-state index in [0.29, 0.717) is 0 Å². The van der Waals surface area contributed by atoms with Gasteiger partial charge in [0.25, 0.3) is 0 Å². The van der Waals surface area contributed by atoms with E-state index in [2.05, 4.69) is 4.98 Å². The fourth-order valence-corrected chi connectivity index (χ4v) is 1.34. The molecule has 0 aliphatic carbocycles. The molecule has 0 amide bonds. The Morgan fingerprint density at radius 3 is 2.88 bits per heavy atom. The minimum absolute atomic E-state index is 0.00926. The second-order valence-corrected chi connectivity index (χ2v) is 2.61.